The number of piperidine rings is 1. The van der Waals surface area contributed by atoms with Crippen molar-refractivity contribution in [3.05, 3.63) is 29.8 Å². The van der Waals surface area contributed by atoms with Crippen LogP contribution in [0.3, 0.4) is 0 Å². The molecule has 0 aliphatic carbocycles. The van der Waals surface area contributed by atoms with Gasteiger partial charge in [0.2, 0.25) is 0 Å². The molecule has 1 aromatic rings. The Hall–Kier alpha value is -1.06. The zero-order chi connectivity index (χ0) is 14.4. The number of rotatable bonds is 6. The van der Waals surface area contributed by atoms with Gasteiger partial charge in [-0.3, -0.25) is 0 Å². The molecule has 0 amide bonds. The first-order valence-electron chi connectivity index (χ1n) is 7.91. The number of aliphatic hydroxyl groups excluding tert-OH is 1. The van der Waals surface area contributed by atoms with E-state index in [2.05, 4.69) is 36.2 Å². The molecule has 0 bridgehead atoms. The highest BCUT2D eigenvalue weighted by Crippen LogP contribution is 2.22. The van der Waals surface area contributed by atoms with Gasteiger partial charge in [0.05, 0.1) is 6.61 Å². The van der Waals surface area contributed by atoms with Gasteiger partial charge in [-0.2, -0.15) is 0 Å². The van der Waals surface area contributed by atoms with E-state index in [9.17, 15) is 0 Å². The summed E-state index contributed by atoms with van der Waals surface area (Å²) in [6.45, 7) is 8.38. The van der Waals surface area contributed by atoms with E-state index in [-0.39, 0.29) is 6.61 Å². The molecule has 0 aromatic heterocycles. The maximum Gasteiger partial charge on any atom is 0.0681 e. The number of nitrogens with zero attached hydrogens (tertiary/aromatic N) is 1. The smallest absolute Gasteiger partial charge is 0.0681 e. The first-order chi connectivity index (χ1) is 9.72. The lowest BCUT2D eigenvalue weighted by molar-refractivity contribution is 0.165. The molecule has 1 heterocycles. The van der Waals surface area contributed by atoms with Crippen molar-refractivity contribution >= 4 is 5.69 Å². The molecule has 1 saturated heterocycles. The van der Waals surface area contributed by atoms with Crippen LogP contribution in [0.25, 0.3) is 0 Å². The topological polar surface area (TPSA) is 35.5 Å². The first kappa shape index (κ1) is 15.3. The van der Waals surface area contributed by atoms with E-state index in [0.717, 1.165) is 17.2 Å². The van der Waals surface area contributed by atoms with Crippen molar-refractivity contribution in [2.75, 3.05) is 25.0 Å². The average Bonchev–Trinajstić information content (AvgIpc) is 2.48. The minimum atomic E-state index is 0.116. The molecule has 0 saturated carbocycles. The van der Waals surface area contributed by atoms with E-state index in [1.54, 1.807) is 0 Å². The molecule has 3 heteroatoms. The largest absolute Gasteiger partial charge is 0.392 e. The molecule has 2 N–H and O–H groups in total. The number of hydrogen-bond donors (Lipinski definition) is 2. The normalized spacial score (nSPS) is 21.6. The molecule has 0 spiro atoms. The fourth-order valence-electron chi connectivity index (χ4n) is 3.11. The zero-order valence-corrected chi connectivity index (χ0v) is 12.8. The van der Waals surface area contributed by atoms with Crippen molar-refractivity contribution in [1.82, 2.24) is 4.90 Å². The molecule has 2 atom stereocenters. The number of nitrogens with one attached hydrogen (secondary N) is 1. The van der Waals surface area contributed by atoms with Gasteiger partial charge in [-0.1, -0.05) is 19.1 Å². The summed E-state index contributed by atoms with van der Waals surface area (Å²) in [4.78, 5) is 2.60. The van der Waals surface area contributed by atoms with E-state index < -0.39 is 0 Å². The van der Waals surface area contributed by atoms with Crippen molar-refractivity contribution in [2.45, 2.75) is 45.8 Å². The minimum Gasteiger partial charge on any atom is -0.392 e. The second-order valence-corrected chi connectivity index (χ2v) is 5.99. The van der Waals surface area contributed by atoms with Crippen LogP contribution in [0.1, 0.15) is 38.7 Å². The van der Waals surface area contributed by atoms with Gasteiger partial charge in [-0.25, -0.2) is 0 Å². The van der Waals surface area contributed by atoms with Crippen LogP contribution >= 0.6 is 0 Å². The molecule has 2 unspecified atom stereocenters. The second kappa shape index (κ2) is 7.65. The van der Waals surface area contributed by atoms with Crippen LogP contribution in [0, 0.1) is 5.92 Å². The van der Waals surface area contributed by atoms with Gasteiger partial charge in [0.15, 0.2) is 0 Å². The maximum atomic E-state index is 9.07. The van der Waals surface area contributed by atoms with Crippen LogP contribution in [0.4, 0.5) is 5.69 Å². The van der Waals surface area contributed by atoms with Gasteiger partial charge in [0, 0.05) is 18.3 Å². The van der Waals surface area contributed by atoms with Crippen molar-refractivity contribution in [1.29, 1.82) is 0 Å². The fraction of sp³-hybridized carbons (Fsp3) is 0.647. The second-order valence-electron chi connectivity index (χ2n) is 5.99. The number of anilines is 1. The van der Waals surface area contributed by atoms with E-state index in [1.807, 2.05) is 12.1 Å². The Kier molecular flexibility index (Phi) is 5.86. The molecular weight excluding hydrogens is 248 g/mol. The lowest BCUT2D eigenvalue weighted by atomic mass is 9.91. The summed E-state index contributed by atoms with van der Waals surface area (Å²) in [6, 6.07) is 8.59. The maximum absolute atomic E-state index is 9.07. The molecule has 112 valence electrons. The lowest BCUT2D eigenvalue weighted by Crippen LogP contribution is -2.42. The summed E-state index contributed by atoms with van der Waals surface area (Å²) in [5.41, 5.74) is 2.12. The Bertz CT molecular complexity index is 388. The van der Waals surface area contributed by atoms with Gasteiger partial charge in [-0.05, 0) is 62.9 Å². The summed E-state index contributed by atoms with van der Waals surface area (Å²) in [7, 11) is 0. The molecular formula is C17H28N2O. The third-order valence-electron chi connectivity index (χ3n) is 4.32. The summed E-state index contributed by atoms with van der Waals surface area (Å²) in [6.07, 6.45) is 3.89. The quantitative estimate of drug-likeness (QED) is 0.838. The molecule has 3 nitrogen and oxygen atoms in total. The van der Waals surface area contributed by atoms with Crippen molar-refractivity contribution in [3.8, 4) is 0 Å². The number of aliphatic hydroxyl groups is 1. The molecule has 1 fully saturated rings. The monoisotopic (exact) mass is 276 g/mol. The standard InChI is InChI=1S/C17H28N2O/c1-3-10-19-11-4-5-16(12-19)14(2)18-17-8-6-15(13-20)7-9-17/h6-9,14,16,18,20H,3-5,10-13H2,1-2H3. The third kappa shape index (κ3) is 4.22. The van der Waals surface area contributed by atoms with Crippen LogP contribution in [-0.4, -0.2) is 35.7 Å². The van der Waals surface area contributed by atoms with Crippen molar-refractivity contribution in [3.63, 3.8) is 0 Å². The first-order valence-corrected chi connectivity index (χ1v) is 7.91. The summed E-state index contributed by atoms with van der Waals surface area (Å²) < 4.78 is 0. The van der Waals surface area contributed by atoms with Gasteiger partial charge >= 0.3 is 0 Å². The fourth-order valence-corrected chi connectivity index (χ4v) is 3.11. The van der Waals surface area contributed by atoms with Gasteiger partial charge in [0.25, 0.3) is 0 Å². The summed E-state index contributed by atoms with van der Waals surface area (Å²) >= 11 is 0. The molecule has 1 aliphatic heterocycles. The summed E-state index contributed by atoms with van der Waals surface area (Å²) in [5.74, 6) is 0.729. The third-order valence-corrected chi connectivity index (χ3v) is 4.32. The number of benzene rings is 1. The predicted molar refractivity (Wildman–Crippen MR) is 84.9 cm³/mol. The van der Waals surface area contributed by atoms with Crippen molar-refractivity contribution < 1.29 is 5.11 Å². The minimum absolute atomic E-state index is 0.116. The van der Waals surface area contributed by atoms with Gasteiger partial charge in [0.1, 0.15) is 0 Å². The molecule has 1 aliphatic rings. The zero-order valence-electron chi connectivity index (χ0n) is 12.8. The number of likely N-dealkylation sites (tertiary alicyclic amines) is 1. The van der Waals surface area contributed by atoms with E-state index in [0.29, 0.717) is 6.04 Å². The van der Waals surface area contributed by atoms with Gasteiger partial charge in [-0.15, -0.1) is 0 Å². The molecule has 0 radical (unpaired) electrons. The lowest BCUT2D eigenvalue weighted by Gasteiger charge is -2.36. The highest BCUT2D eigenvalue weighted by molar-refractivity contribution is 5.45. The van der Waals surface area contributed by atoms with Gasteiger partial charge < -0.3 is 15.3 Å². The Labute approximate surface area is 123 Å². The van der Waals surface area contributed by atoms with Crippen LogP contribution < -0.4 is 5.32 Å². The van der Waals surface area contributed by atoms with Crippen LogP contribution in [0.5, 0.6) is 0 Å². The average molecular weight is 276 g/mol. The van der Waals surface area contributed by atoms with E-state index in [4.69, 9.17) is 5.11 Å². The molecule has 20 heavy (non-hydrogen) atoms. The summed E-state index contributed by atoms with van der Waals surface area (Å²) in [5, 5.41) is 12.7. The number of hydrogen-bond acceptors (Lipinski definition) is 3. The Morgan fingerprint density at radius 1 is 1.35 bits per heavy atom. The SMILES string of the molecule is CCCN1CCCC(C(C)Nc2ccc(CO)cc2)C1. The van der Waals surface area contributed by atoms with Crippen LogP contribution in [0.2, 0.25) is 0 Å². The van der Waals surface area contributed by atoms with Crippen molar-refractivity contribution in [2.24, 2.45) is 5.92 Å². The Balaban J connectivity index is 1.88. The Morgan fingerprint density at radius 2 is 2.10 bits per heavy atom. The highest BCUT2D eigenvalue weighted by Gasteiger charge is 2.23. The molecule has 2 rings (SSSR count). The van der Waals surface area contributed by atoms with E-state index in [1.165, 1.54) is 38.9 Å². The Morgan fingerprint density at radius 3 is 2.75 bits per heavy atom. The highest BCUT2D eigenvalue weighted by atomic mass is 16.3. The van der Waals surface area contributed by atoms with Crippen LogP contribution in [-0.2, 0) is 6.61 Å². The van der Waals surface area contributed by atoms with E-state index >= 15 is 0 Å². The van der Waals surface area contributed by atoms with Crippen LogP contribution in [0.15, 0.2) is 24.3 Å². The molecule has 1 aromatic carbocycles. The predicted octanol–water partition coefficient (Wildman–Crippen LogP) is 3.10.